The quantitative estimate of drug-likeness (QED) is 0.851. The fourth-order valence-electron chi connectivity index (χ4n) is 2.85. The predicted octanol–water partition coefficient (Wildman–Crippen LogP) is 3.92. The summed E-state index contributed by atoms with van der Waals surface area (Å²) < 4.78 is 58.3. The Kier molecular flexibility index (Phi) is 5.22. The molecule has 1 aliphatic rings. The predicted molar refractivity (Wildman–Crippen MR) is 71.4 cm³/mol. The fraction of sp³-hybridized carbons (Fsp3) is 0.600. The average molecular weight is 305 g/mol. The van der Waals surface area contributed by atoms with Gasteiger partial charge in [0, 0.05) is 19.3 Å². The molecule has 2 nitrogen and oxygen atoms in total. The van der Waals surface area contributed by atoms with Crippen LogP contribution in [0.1, 0.15) is 36.9 Å². The molecule has 2 rings (SSSR count). The topological polar surface area (TPSA) is 21.3 Å². The first-order chi connectivity index (χ1) is 9.93. The van der Waals surface area contributed by atoms with Crippen molar-refractivity contribution in [2.75, 3.05) is 19.8 Å². The van der Waals surface area contributed by atoms with Crippen molar-refractivity contribution in [3.8, 4) is 0 Å². The molecule has 6 heteroatoms. The second-order valence-electron chi connectivity index (χ2n) is 5.21. The molecule has 0 aliphatic carbocycles. The summed E-state index contributed by atoms with van der Waals surface area (Å²) in [5.74, 6) is -0.630. The molecule has 1 aromatic carbocycles. The standard InChI is InChI=1S/C15H19F4NO/c1-2-20-14(10-5-7-21-8-6-10)12-9-11(16)3-4-13(12)15(17,18)19/h3-4,9-10,14,20H,2,5-8H2,1H3. The van der Waals surface area contributed by atoms with Crippen LogP contribution in [-0.4, -0.2) is 19.8 Å². The largest absolute Gasteiger partial charge is 0.416 e. The van der Waals surface area contributed by atoms with Gasteiger partial charge in [-0.15, -0.1) is 0 Å². The molecule has 1 aromatic rings. The number of benzene rings is 1. The molecule has 0 radical (unpaired) electrons. The highest BCUT2D eigenvalue weighted by Gasteiger charge is 2.37. The summed E-state index contributed by atoms with van der Waals surface area (Å²) in [6.45, 7) is 3.42. The second-order valence-corrected chi connectivity index (χ2v) is 5.21. The van der Waals surface area contributed by atoms with Gasteiger partial charge in [-0.05, 0) is 49.1 Å². The molecular weight excluding hydrogens is 286 g/mol. The van der Waals surface area contributed by atoms with Crippen LogP contribution in [0, 0.1) is 11.7 Å². The van der Waals surface area contributed by atoms with Crippen LogP contribution in [-0.2, 0) is 10.9 Å². The molecule has 0 amide bonds. The Labute approximate surface area is 121 Å². The SMILES string of the molecule is CCNC(c1cc(F)ccc1C(F)(F)F)C1CCOCC1. The summed E-state index contributed by atoms with van der Waals surface area (Å²) in [4.78, 5) is 0. The Morgan fingerprint density at radius 3 is 2.52 bits per heavy atom. The number of hydrogen-bond donors (Lipinski definition) is 1. The molecule has 1 N–H and O–H groups in total. The lowest BCUT2D eigenvalue weighted by molar-refractivity contribution is -0.138. The third kappa shape index (κ3) is 3.95. The van der Waals surface area contributed by atoms with E-state index in [9.17, 15) is 17.6 Å². The van der Waals surface area contributed by atoms with Crippen molar-refractivity contribution in [2.45, 2.75) is 32.0 Å². The van der Waals surface area contributed by atoms with Crippen LogP contribution in [0.4, 0.5) is 17.6 Å². The molecule has 0 spiro atoms. The van der Waals surface area contributed by atoms with E-state index in [0.29, 0.717) is 32.6 Å². The molecule has 0 aromatic heterocycles. The van der Waals surface area contributed by atoms with Crippen LogP contribution in [0.2, 0.25) is 0 Å². The first kappa shape index (κ1) is 16.2. The van der Waals surface area contributed by atoms with Crippen molar-refractivity contribution in [3.05, 3.63) is 35.1 Å². The van der Waals surface area contributed by atoms with Gasteiger partial charge < -0.3 is 10.1 Å². The Balaban J connectivity index is 2.40. The molecule has 118 valence electrons. The minimum atomic E-state index is -4.48. The zero-order valence-corrected chi connectivity index (χ0v) is 11.8. The number of rotatable bonds is 4. The lowest BCUT2D eigenvalue weighted by Gasteiger charge is -2.32. The summed E-state index contributed by atoms with van der Waals surface area (Å²) in [7, 11) is 0. The smallest absolute Gasteiger partial charge is 0.381 e. The van der Waals surface area contributed by atoms with Gasteiger partial charge in [0.05, 0.1) is 5.56 Å². The van der Waals surface area contributed by atoms with E-state index < -0.39 is 23.6 Å². The van der Waals surface area contributed by atoms with E-state index in [1.165, 1.54) is 0 Å². The molecular formula is C15H19F4NO. The first-order valence-electron chi connectivity index (χ1n) is 7.11. The fourth-order valence-corrected chi connectivity index (χ4v) is 2.85. The Morgan fingerprint density at radius 2 is 1.95 bits per heavy atom. The summed E-state index contributed by atoms with van der Waals surface area (Å²) in [5.41, 5.74) is -0.766. The third-order valence-corrected chi connectivity index (χ3v) is 3.82. The number of nitrogens with one attached hydrogen (secondary N) is 1. The number of ether oxygens (including phenoxy) is 1. The van der Waals surface area contributed by atoms with E-state index in [1.807, 2.05) is 6.92 Å². The summed E-state index contributed by atoms with van der Waals surface area (Å²) in [5, 5.41) is 3.09. The van der Waals surface area contributed by atoms with E-state index in [-0.39, 0.29) is 11.5 Å². The Hall–Kier alpha value is -1.14. The lowest BCUT2D eigenvalue weighted by atomic mass is 9.84. The highest BCUT2D eigenvalue weighted by Crippen LogP contribution is 2.39. The van der Waals surface area contributed by atoms with Crippen molar-refractivity contribution in [2.24, 2.45) is 5.92 Å². The van der Waals surface area contributed by atoms with Gasteiger partial charge in [-0.1, -0.05) is 6.92 Å². The molecule has 1 atom stereocenters. The minimum absolute atomic E-state index is 0.00347. The normalized spacial score (nSPS) is 18.7. The van der Waals surface area contributed by atoms with Crippen LogP contribution in [0.15, 0.2) is 18.2 Å². The number of alkyl halides is 3. The Bertz CT molecular complexity index is 469. The van der Waals surface area contributed by atoms with Crippen LogP contribution in [0.3, 0.4) is 0 Å². The minimum Gasteiger partial charge on any atom is -0.381 e. The maximum Gasteiger partial charge on any atom is 0.416 e. The van der Waals surface area contributed by atoms with Crippen LogP contribution in [0.5, 0.6) is 0 Å². The van der Waals surface area contributed by atoms with E-state index in [1.54, 1.807) is 0 Å². The number of halogens is 4. The highest BCUT2D eigenvalue weighted by atomic mass is 19.4. The van der Waals surface area contributed by atoms with E-state index >= 15 is 0 Å². The van der Waals surface area contributed by atoms with Gasteiger partial charge in [-0.2, -0.15) is 13.2 Å². The summed E-state index contributed by atoms with van der Waals surface area (Å²) in [6.07, 6.45) is -3.14. The third-order valence-electron chi connectivity index (χ3n) is 3.82. The van der Waals surface area contributed by atoms with E-state index in [2.05, 4.69) is 5.32 Å². The average Bonchev–Trinajstić information content (AvgIpc) is 2.44. The lowest BCUT2D eigenvalue weighted by Crippen LogP contribution is -2.33. The van der Waals surface area contributed by atoms with Crippen molar-refractivity contribution in [3.63, 3.8) is 0 Å². The maximum absolute atomic E-state index is 13.5. The van der Waals surface area contributed by atoms with Gasteiger partial charge in [0.2, 0.25) is 0 Å². The van der Waals surface area contributed by atoms with Gasteiger partial charge >= 0.3 is 6.18 Å². The molecule has 0 bridgehead atoms. The van der Waals surface area contributed by atoms with E-state index in [4.69, 9.17) is 4.74 Å². The molecule has 21 heavy (non-hydrogen) atoms. The molecule has 1 unspecified atom stereocenters. The molecule has 1 saturated heterocycles. The van der Waals surface area contributed by atoms with Crippen LogP contribution >= 0.6 is 0 Å². The first-order valence-corrected chi connectivity index (χ1v) is 7.11. The second kappa shape index (κ2) is 6.75. The van der Waals surface area contributed by atoms with Crippen molar-refractivity contribution < 1.29 is 22.3 Å². The molecule has 0 saturated carbocycles. The van der Waals surface area contributed by atoms with Crippen molar-refractivity contribution in [1.29, 1.82) is 0 Å². The maximum atomic E-state index is 13.5. The van der Waals surface area contributed by atoms with Crippen molar-refractivity contribution >= 4 is 0 Å². The molecule has 1 aliphatic heterocycles. The van der Waals surface area contributed by atoms with Gasteiger partial charge in [-0.3, -0.25) is 0 Å². The zero-order valence-electron chi connectivity index (χ0n) is 11.8. The molecule has 1 heterocycles. The van der Waals surface area contributed by atoms with Crippen LogP contribution in [0.25, 0.3) is 0 Å². The summed E-state index contributed by atoms with van der Waals surface area (Å²) in [6, 6.07) is 2.19. The van der Waals surface area contributed by atoms with Gasteiger partial charge in [0.25, 0.3) is 0 Å². The zero-order chi connectivity index (χ0) is 15.5. The molecule has 1 fully saturated rings. The van der Waals surface area contributed by atoms with Crippen molar-refractivity contribution in [1.82, 2.24) is 5.32 Å². The summed E-state index contributed by atoms with van der Waals surface area (Å²) >= 11 is 0. The van der Waals surface area contributed by atoms with Gasteiger partial charge in [-0.25, -0.2) is 4.39 Å². The monoisotopic (exact) mass is 305 g/mol. The van der Waals surface area contributed by atoms with E-state index in [0.717, 1.165) is 18.2 Å². The van der Waals surface area contributed by atoms with Crippen LogP contribution < -0.4 is 5.32 Å². The van der Waals surface area contributed by atoms with Gasteiger partial charge in [0.1, 0.15) is 5.82 Å². The Morgan fingerprint density at radius 1 is 1.29 bits per heavy atom. The number of hydrogen-bond acceptors (Lipinski definition) is 2. The highest BCUT2D eigenvalue weighted by molar-refractivity contribution is 5.33. The van der Waals surface area contributed by atoms with Gasteiger partial charge in [0.15, 0.2) is 0 Å².